The van der Waals surface area contributed by atoms with Crippen molar-refractivity contribution in [1.29, 1.82) is 0 Å². The lowest BCUT2D eigenvalue weighted by molar-refractivity contribution is -0.121. The highest BCUT2D eigenvalue weighted by Crippen LogP contribution is 2.04. The maximum Gasteiger partial charge on any atom is 0.220 e. The van der Waals surface area contributed by atoms with Crippen LogP contribution in [0, 0.1) is 0 Å². The van der Waals surface area contributed by atoms with E-state index in [4.69, 9.17) is 0 Å². The summed E-state index contributed by atoms with van der Waals surface area (Å²) in [6.07, 6.45) is 5.47. The number of carbonyl (C=O) groups is 1. The maximum absolute atomic E-state index is 11.2. The Balaban J connectivity index is 3.17. The molecule has 1 N–H and O–H groups in total. The topological polar surface area (TPSA) is 29.1 Å². The van der Waals surface area contributed by atoms with Crippen molar-refractivity contribution in [3.8, 4) is 0 Å². The summed E-state index contributed by atoms with van der Waals surface area (Å²) in [6.45, 7) is 3.99. The molecule has 3 heteroatoms. The Hall–Kier alpha value is 0.200. The van der Waals surface area contributed by atoms with Crippen LogP contribution in [0.15, 0.2) is 0 Å². The summed E-state index contributed by atoms with van der Waals surface area (Å²) < 4.78 is 1.23. The van der Waals surface area contributed by atoms with Crippen molar-refractivity contribution >= 4 is 28.5 Å². The second kappa shape index (κ2) is 8.78. The summed E-state index contributed by atoms with van der Waals surface area (Å²) in [5, 5.41) is 2.89. The van der Waals surface area contributed by atoms with Gasteiger partial charge in [0, 0.05) is 12.5 Å². The zero-order chi connectivity index (χ0) is 10.1. The Labute approximate surface area is 95.0 Å². The number of alkyl halides is 1. The van der Waals surface area contributed by atoms with Crippen molar-refractivity contribution in [2.75, 3.05) is 4.43 Å². The molecule has 0 aliphatic heterocycles. The van der Waals surface area contributed by atoms with E-state index in [0.717, 1.165) is 6.42 Å². The van der Waals surface area contributed by atoms with Gasteiger partial charge in [-0.1, -0.05) is 35.4 Å². The largest absolute Gasteiger partial charge is 0.354 e. The van der Waals surface area contributed by atoms with Gasteiger partial charge < -0.3 is 5.32 Å². The number of hydrogen-bond acceptors (Lipinski definition) is 1. The third-order valence-electron chi connectivity index (χ3n) is 1.74. The number of carbonyl (C=O) groups excluding carboxylic acids is 1. The van der Waals surface area contributed by atoms with Crippen molar-refractivity contribution in [2.24, 2.45) is 0 Å². The predicted octanol–water partition coefficient (Wildman–Crippen LogP) is 2.90. The Kier molecular flexibility index (Phi) is 8.92. The second-order valence-corrected chi connectivity index (χ2v) is 4.65. The fraction of sp³-hybridized carbons (Fsp3) is 0.900. The molecule has 0 heterocycles. The molecule has 0 aromatic heterocycles. The highest BCUT2D eigenvalue weighted by Gasteiger charge is 2.01. The third-order valence-corrected chi connectivity index (χ3v) is 2.50. The van der Waals surface area contributed by atoms with Gasteiger partial charge in [-0.2, -0.15) is 0 Å². The van der Waals surface area contributed by atoms with Crippen molar-refractivity contribution < 1.29 is 4.79 Å². The summed E-state index contributed by atoms with van der Waals surface area (Å²) >= 11 is 2.39. The standard InChI is InChI=1S/C10H20INO/c1-9(2)12-10(13)7-5-3-4-6-8-11/h9H,3-8H2,1-2H3,(H,12,13). The van der Waals surface area contributed by atoms with Crippen LogP contribution in [-0.4, -0.2) is 16.4 Å². The fourth-order valence-corrected chi connectivity index (χ4v) is 1.67. The van der Waals surface area contributed by atoms with Crippen LogP contribution >= 0.6 is 22.6 Å². The third kappa shape index (κ3) is 10.1. The molecule has 0 aromatic rings. The molecule has 13 heavy (non-hydrogen) atoms. The smallest absolute Gasteiger partial charge is 0.220 e. The van der Waals surface area contributed by atoms with E-state index in [9.17, 15) is 4.79 Å². The second-order valence-electron chi connectivity index (χ2n) is 3.58. The van der Waals surface area contributed by atoms with Gasteiger partial charge in [-0.3, -0.25) is 4.79 Å². The molecule has 0 fully saturated rings. The van der Waals surface area contributed by atoms with E-state index in [2.05, 4.69) is 27.9 Å². The number of unbranched alkanes of at least 4 members (excludes halogenated alkanes) is 3. The predicted molar refractivity (Wildman–Crippen MR) is 65.3 cm³/mol. The molecule has 0 aromatic carbocycles. The van der Waals surface area contributed by atoms with Gasteiger partial charge in [-0.25, -0.2) is 0 Å². The quantitative estimate of drug-likeness (QED) is 0.437. The van der Waals surface area contributed by atoms with Crippen LogP contribution in [-0.2, 0) is 4.79 Å². The van der Waals surface area contributed by atoms with E-state index in [0.29, 0.717) is 6.42 Å². The van der Waals surface area contributed by atoms with E-state index in [1.165, 1.54) is 23.7 Å². The minimum absolute atomic E-state index is 0.199. The minimum atomic E-state index is 0.199. The first-order valence-electron chi connectivity index (χ1n) is 5.02. The maximum atomic E-state index is 11.2. The van der Waals surface area contributed by atoms with Gasteiger partial charge in [0.15, 0.2) is 0 Å². The van der Waals surface area contributed by atoms with Gasteiger partial charge in [0.05, 0.1) is 0 Å². The minimum Gasteiger partial charge on any atom is -0.354 e. The Morgan fingerprint density at radius 3 is 2.38 bits per heavy atom. The molecule has 0 radical (unpaired) electrons. The first kappa shape index (κ1) is 13.2. The monoisotopic (exact) mass is 297 g/mol. The van der Waals surface area contributed by atoms with Gasteiger partial charge in [-0.15, -0.1) is 0 Å². The molecule has 0 saturated carbocycles. The van der Waals surface area contributed by atoms with Crippen LogP contribution in [0.5, 0.6) is 0 Å². The molecule has 1 amide bonds. The zero-order valence-electron chi connectivity index (χ0n) is 8.61. The normalized spacial score (nSPS) is 10.5. The Morgan fingerprint density at radius 2 is 1.85 bits per heavy atom. The molecule has 2 nitrogen and oxygen atoms in total. The van der Waals surface area contributed by atoms with E-state index >= 15 is 0 Å². The molecule has 0 aliphatic rings. The van der Waals surface area contributed by atoms with Gasteiger partial charge in [-0.05, 0) is 31.1 Å². The van der Waals surface area contributed by atoms with Crippen molar-refractivity contribution in [3.63, 3.8) is 0 Å². The van der Waals surface area contributed by atoms with E-state index in [-0.39, 0.29) is 11.9 Å². The van der Waals surface area contributed by atoms with E-state index in [1.54, 1.807) is 0 Å². The first-order chi connectivity index (χ1) is 6.16. The average Bonchev–Trinajstić information content (AvgIpc) is 2.02. The van der Waals surface area contributed by atoms with Gasteiger partial charge >= 0.3 is 0 Å². The van der Waals surface area contributed by atoms with E-state index < -0.39 is 0 Å². The highest BCUT2D eigenvalue weighted by atomic mass is 127. The molecule has 0 spiro atoms. The van der Waals surface area contributed by atoms with Crippen LogP contribution in [0.2, 0.25) is 0 Å². The van der Waals surface area contributed by atoms with Gasteiger partial charge in [0.2, 0.25) is 5.91 Å². The highest BCUT2D eigenvalue weighted by molar-refractivity contribution is 14.1. The van der Waals surface area contributed by atoms with Crippen LogP contribution < -0.4 is 5.32 Å². The molecule has 0 rings (SSSR count). The summed E-state index contributed by atoms with van der Waals surface area (Å²) in [5.41, 5.74) is 0. The van der Waals surface area contributed by atoms with Gasteiger partial charge in [0.1, 0.15) is 0 Å². The molecule has 0 unspecified atom stereocenters. The van der Waals surface area contributed by atoms with Crippen LogP contribution in [0.1, 0.15) is 46.0 Å². The first-order valence-corrected chi connectivity index (χ1v) is 6.54. The number of hydrogen-bond donors (Lipinski definition) is 1. The lowest BCUT2D eigenvalue weighted by atomic mass is 10.1. The molecular weight excluding hydrogens is 277 g/mol. The van der Waals surface area contributed by atoms with Crippen LogP contribution in [0.4, 0.5) is 0 Å². The fourth-order valence-electron chi connectivity index (χ4n) is 1.13. The summed E-state index contributed by atoms with van der Waals surface area (Å²) in [7, 11) is 0. The molecule has 78 valence electrons. The molecule has 0 bridgehead atoms. The van der Waals surface area contributed by atoms with Crippen molar-refractivity contribution in [1.82, 2.24) is 5.32 Å². The SMILES string of the molecule is CC(C)NC(=O)CCCCCCI. The number of halogens is 1. The number of rotatable bonds is 7. The Morgan fingerprint density at radius 1 is 1.23 bits per heavy atom. The Bertz CT molecular complexity index is 137. The summed E-state index contributed by atoms with van der Waals surface area (Å²) in [4.78, 5) is 11.2. The van der Waals surface area contributed by atoms with Gasteiger partial charge in [0.25, 0.3) is 0 Å². The van der Waals surface area contributed by atoms with Crippen LogP contribution in [0.3, 0.4) is 0 Å². The van der Waals surface area contributed by atoms with E-state index in [1.807, 2.05) is 13.8 Å². The van der Waals surface area contributed by atoms with Crippen molar-refractivity contribution in [3.05, 3.63) is 0 Å². The molecule has 0 atom stereocenters. The molecular formula is C10H20INO. The van der Waals surface area contributed by atoms with Crippen LogP contribution in [0.25, 0.3) is 0 Å². The zero-order valence-corrected chi connectivity index (χ0v) is 10.8. The summed E-state index contributed by atoms with van der Waals surface area (Å²) in [5.74, 6) is 0.199. The number of nitrogens with one attached hydrogen (secondary N) is 1. The summed E-state index contributed by atoms with van der Waals surface area (Å²) in [6, 6.07) is 0.279. The number of amides is 1. The molecule has 0 saturated heterocycles. The lowest BCUT2D eigenvalue weighted by Gasteiger charge is -2.07. The average molecular weight is 297 g/mol. The lowest BCUT2D eigenvalue weighted by Crippen LogP contribution is -2.29. The van der Waals surface area contributed by atoms with Crippen molar-refractivity contribution in [2.45, 2.75) is 52.0 Å². The molecule has 0 aliphatic carbocycles.